The van der Waals surface area contributed by atoms with E-state index in [0.29, 0.717) is 6.61 Å². The van der Waals surface area contributed by atoms with E-state index in [0.717, 1.165) is 33.9 Å². The molecule has 0 bridgehead atoms. The molecule has 0 radical (unpaired) electrons. The molecule has 0 aliphatic carbocycles. The van der Waals surface area contributed by atoms with Crippen LogP contribution in [0.3, 0.4) is 0 Å². The zero-order chi connectivity index (χ0) is 20.6. The van der Waals surface area contributed by atoms with Gasteiger partial charge in [-0.3, -0.25) is 0 Å². The van der Waals surface area contributed by atoms with Crippen LogP contribution in [0.15, 0.2) is 109 Å². The van der Waals surface area contributed by atoms with Crippen LogP contribution in [0.2, 0.25) is 0 Å². The van der Waals surface area contributed by atoms with E-state index >= 15 is 0 Å². The summed E-state index contributed by atoms with van der Waals surface area (Å²) in [5.41, 5.74) is 5.72. The first kappa shape index (κ1) is 19.5. The van der Waals surface area contributed by atoms with Gasteiger partial charge in [0.25, 0.3) is 0 Å². The van der Waals surface area contributed by atoms with Gasteiger partial charge in [0, 0.05) is 17.1 Å². The van der Waals surface area contributed by atoms with Gasteiger partial charge in [0.15, 0.2) is 0 Å². The maximum absolute atomic E-state index is 5.50. The number of hydrogen-bond donors (Lipinski definition) is 0. The number of rotatable bonds is 7. The predicted octanol–water partition coefficient (Wildman–Crippen LogP) is 7.73. The molecule has 4 aromatic rings. The van der Waals surface area contributed by atoms with E-state index in [1.807, 2.05) is 31.2 Å². The van der Waals surface area contributed by atoms with Crippen LogP contribution in [-0.2, 0) is 0 Å². The molecule has 4 aromatic carbocycles. The van der Waals surface area contributed by atoms with Crippen molar-refractivity contribution in [3.63, 3.8) is 0 Å². The Bertz CT molecular complexity index is 1030. The maximum atomic E-state index is 5.50. The highest BCUT2D eigenvalue weighted by Crippen LogP contribution is 2.34. The first-order valence-corrected chi connectivity index (χ1v) is 10.2. The lowest BCUT2D eigenvalue weighted by Crippen LogP contribution is -2.09. The Morgan fingerprint density at radius 1 is 0.567 bits per heavy atom. The molecule has 2 nitrogen and oxygen atoms in total. The van der Waals surface area contributed by atoms with Crippen molar-refractivity contribution in [1.82, 2.24) is 0 Å². The summed E-state index contributed by atoms with van der Waals surface area (Å²) in [4.78, 5) is 2.26. The number of hydrogen-bond acceptors (Lipinski definition) is 2. The van der Waals surface area contributed by atoms with Crippen LogP contribution >= 0.6 is 0 Å². The van der Waals surface area contributed by atoms with Crippen molar-refractivity contribution in [2.75, 3.05) is 11.5 Å². The van der Waals surface area contributed by atoms with Crippen molar-refractivity contribution in [2.45, 2.75) is 6.92 Å². The SMILES string of the molecule is CCOc1ccc(/C=C/c2ccc(N(c3ccccc3)c3ccccc3)cc2)cc1. The molecule has 4 rings (SSSR count). The van der Waals surface area contributed by atoms with E-state index in [9.17, 15) is 0 Å². The third kappa shape index (κ3) is 4.79. The molecule has 0 atom stereocenters. The van der Waals surface area contributed by atoms with Gasteiger partial charge < -0.3 is 9.64 Å². The van der Waals surface area contributed by atoms with E-state index in [1.165, 1.54) is 0 Å². The fourth-order valence-corrected chi connectivity index (χ4v) is 3.37. The second kappa shape index (κ2) is 9.62. The van der Waals surface area contributed by atoms with Gasteiger partial charge in [0.05, 0.1) is 6.61 Å². The summed E-state index contributed by atoms with van der Waals surface area (Å²) in [6.07, 6.45) is 4.26. The third-order valence-corrected chi connectivity index (χ3v) is 4.84. The van der Waals surface area contributed by atoms with Crippen LogP contribution in [-0.4, -0.2) is 6.61 Å². The van der Waals surface area contributed by atoms with Gasteiger partial charge in [-0.15, -0.1) is 0 Å². The highest BCUT2D eigenvalue weighted by atomic mass is 16.5. The molecule has 0 heterocycles. The number of ether oxygens (including phenoxy) is 1. The first-order valence-electron chi connectivity index (χ1n) is 10.2. The standard InChI is InChI=1S/C28H25NO/c1-2-30-28-21-17-24(18-22-28)14-13-23-15-19-27(20-16-23)29(25-9-5-3-6-10-25)26-11-7-4-8-12-26/h3-22H,2H2,1H3/b14-13+. The minimum atomic E-state index is 0.685. The van der Waals surface area contributed by atoms with E-state index < -0.39 is 0 Å². The van der Waals surface area contributed by atoms with Crippen molar-refractivity contribution in [3.8, 4) is 5.75 Å². The van der Waals surface area contributed by atoms with Gasteiger partial charge in [0.2, 0.25) is 0 Å². The first-order chi connectivity index (χ1) is 14.8. The summed E-state index contributed by atoms with van der Waals surface area (Å²) in [7, 11) is 0. The van der Waals surface area contributed by atoms with E-state index in [1.54, 1.807) is 0 Å². The topological polar surface area (TPSA) is 12.5 Å². The molecule has 0 aliphatic rings. The van der Waals surface area contributed by atoms with Gasteiger partial charge >= 0.3 is 0 Å². The van der Waals surface area contributed by atoms with Crippen molar-refractivity contribution in [3.05, 3.63) is 120 Å². The van der Waals surface area contributed by atoms with Crippen LogP contribution in [0.4, 0.5) is 17.1 Å². The Morgan fingerprint density at radius 2 is 1.00 bits per heavy atom. The van der Waals surface area contributed by atoms with Crippen LogP contribution in [0, 0.1) is 0 Å². The fraction of sp³-hybridized carbons (Fsp3) is 0.0714. The molecule has 148 valence electrons. The zero-order valence-corrected chi connectivity index (χ0v) is 17.1. The number of nitrogens with zero attached hydrogens (tertiary/aromatic N) is 1. The average Bonchev–Trinajstić information content (AvgIpc) is 2.81. The third-order valence-electron chi connectivity index (χ3n) is 4.84. The van der Waals surface area contributed by atoms with Crippen LogP contribution in [0.25, 0.3) is 12.2 Å². The molecule has 30 heavy (non-hydrogen) atoms. The Morgan fingerprint density at radius 3 is 1.47 bits per heavy atom. The van der Waals surface area contributed by atoms with Crippen molar-refractivity contribution < 1.29 is 4.74 Å². The summed E-state index contributed by atoms with van der Waals surface area (Å²) >= 11 is 0. The molecule has 0 spiro atoms. The molecule has 0 saturated heterocycles. The fourth-order valence-electron chi connectivity index (χ4n) is 3.37. The number of benzene rings is 4. The van der Waals surface area contributed by atoms with Crippen molar-refractivity contribution in [1.29, 1.82) is 0 Å². The van der Waals surface area contributed by atoms with Crippen molar-refractivity contribution >= 4 is 29.2 Å². The summed E-state index contributed by atoms with van der Waals surface area (Å²) < 4.78 is 5.50. The van der Waals surface area contributed by atoms with Gasteiger partial charge in [-0.2, -0.15) is 0 Å². The lowest BCUT2D eigenvalue weighted by atomic mass is 10.1. The summed E-state index contributed by atoms with van der Waals surface area (Å²) in [5.74, 6) is 0.904. The Kier molecular flexibility index (Phi) is 6.26. The molecule has 0 aliphatic heterocycles. The van der Waals surface area contributed by atoms with Gasteiger partial charge in [0.1, 0.15) is 5.75 Å². The lowest BCUT2D eigenvalue weighted by molar-refractivity contribution is 0.340. The molecule has 0 aromatic heterocycles. The largest absolute Gasteiger partial charge is 0.494 e. The summed E-state index contributed by atoms with van der Waals surface area (Å²) in [6.45, 7) is 2.68. The molecule has 0 unspecified atom stereocenters. The average molecular weight is 392 g/mol. The Hall–Kier alpha value is -3.78. The summed E-state index contributed by atoms with van der Waals surface area (Å²) in [6, 6.07) is 37.7. The van der Waals surface area contributed by atoms with Crippen LogP contribution < -0.4 is 9.64 Å². The molecule has 0 N–H and O–H groups in total. The van der Waals surface area contributed by atoms with Gasteiger partial charge in [-0.25, -0.2) is 0 Å². The highest BCUT2D eigenvalue weighted by molar-refractivity contribution is 5.78. The van der Waals surface area contributed by atoms with Gasteiger partial charge in [-0.1, -0.05) is 72.8 Å². The number of para-hydroxylation sites is 2. The minimum Gasteiger partial charge on any atom is -0.494 e. The Balaban J connectivity index is 1.56. The van der Waals surface area contributed by atoms with E-state index in [4.69, 9.17) is 4.74 Å². The van der Waals surface area contributed by atoms with Gasteiger partial charge in [-0.05, 0) is 66.6 Å². The molecule has 0 amide bonds. The zero-order valence-electron chi connectivity index (χ0n) is 17.1. The Labute approximate surface area is 178 Å². The molecule has 2 heteroatoms. The normalized spacial score (nSPS) is 10.8. The second-order valence-corrected chi connectivity index (χ2v) is 6.93. The van der Waals surface area contributed by atoms with E-state index in [2.05, 4.69) is 102 Å². The predicted molar refractivity (Wildman–Crippen MR) is 128 cm³/mol. The smallest absolute Gasteiger partial charge is 0.119 e. The minimum absolute atomic E-state index is 0.685. The van der Waals surface area contributed by atoms with Crippen molar-refractivity contribution in [2.24, 2.45) is 0 Å². The molecular formula is C28H25NO. The molecule has 0 saturated carbocycles. The highest BCUT2D eigenvalue weighted by Gasteiger charge is 2.11. The second-order valence-electron chi connectivity index (χ2n) is 6.93. The van der Waals surface area contributed by atoms with E-state index in [-0.39, 0.29) is 0 Å². The van der Waals surface area contributed by atoms with Crippen LogP contribution in [0.1, 0.15) is 18.1 Å². The number of anilines is 3. The lowest BCUT2D eigenvalue weighted by Gasteiger charge is -2.25. The molecule has 0 fully saturated rings. The molecular weight excluding hydrogens is 366 g/mol. The monoisotopic (exact) mass is 391 g/mol. The van der Waals surface area contributed by atoms with Crippen LogP contribution in [0.5, 0.6) is 5.75 Å². The quantitative estimate of drug-likeness (QED) is 0.299. The summed E-state index contributed by atoms with van der Waals surface area (Å²) in [5, 5.41) is 0. The maximum Gasteiger partial charge on any atom is 0.119 e.